The van der Waals surface area contributed by atoms with Crippen molar-refractivity contribution < 1.29 is 19.8 Å². The van der Waals surface area contributed by atoms with Gasteiger partial charge in [-0.1, -0.05) is 48.6 Å². The summed E-state index contributed by atoms with van der Waals surface area (Å²) in [5.41, 5.74) is 0.822. The second-order valence-corrected chi connectivity index (χ2v) is 12.1. The number of allylic oxidation sites excluding steroid dienone is 2. The van der Waals surface area contributed by atoms with Crippen LogP contribution in [0.2, 0.25) is 0 Å². The fourth-order valence-corrected chi connectivity index (χ4v) is 9.44. The lowest BCUT2D eigenvalue weighted by Crippen LogP contribution is -2.63. The molecule has 0 unspecified atom stereocenters. The molecule has 0 aromatic rings. The summed E-state index contributed by atoms with van der Waals surface area (Å²) in [4.78, 5) is 25.3. The Morgan fingerprint density at radius 3 is 2.27 bits per heavy atom. The number of rotatable bonds is 4. The molecular weight excluding hydrogens is 412 g/mol. The quantitative estimate of drug-likeness (QED) is 0.445. The van der Waals surface area contributed by atoms with Gasteiger partial charge in [0, 0.05) is 11.8 Å². The Kier molecular flexibility index (Phi) is 8.06. The van der Waals surface area contributed by atoms with Crippen molar-refractivity contribution >= 4 is 11.8 Å². The van der Waals surface area contributed by atoms with Gasteiger partial charge in [0.25, 0.3) is 0 Å². The fraction of sp³-hybridized carbons (Fsp3) is 0.862. The number of ketones is 1. The van der Waals surface area contributed by atoms with E-state index in [2.05, 4.69) is 33.8 Å². The van der Waals surface area contributed by atoms with Crippen LogP contribution in [-0.2, 0) is 9.59 Å². The molecule has 190 valence electrons. The van der Waals surface area contributed by atoms with Gasteiger partial charge in [0.2, 0.25) is 0 Å². The second kappa shape index (κ2) is 9.47. The van der Waals surface area contributed by atoms with Gasteiger partial charge in [-0.25, -0.2) is 0 Å². The minimum atomic E-state index is -0.708. The van der Waals surface area contributed by atoms with Crippen LogP contribution in [0.1, 0.15) is 107 Å². The number of hydrogen-bond donors (Lipinski definition) is 2. The maximum Gasteiger partial charge on any atom is 0.303 e. The number of aliphatic carboxylic acids is 1. The van der Waals surface area contributed by atoms with E-state index in [1.807, 2.05) is 6.92 Å². The van der Waals surface area contributed by atoms with Gasteiger partial charge in [-0.3, -0.25) is 9.59 Å². The molecule has 4 aliphatic carbocycles. The van der Waals surface area contributed by atoms with E-state index >= 15 is 0 Å². The summed E-state index contributed by atoms with van der Waals surface area (Å²) in [6.45, 7) is 11.3. The Labute approximate surface area is 202 Å². The standard InChI is InChI=1S/C27H42O4.2CH4/c1-6-18-20-15-17(28)11-13-26(20,4)22-12-14-25(3)19(16(2)7-10-23(29)30)8-9-21(25)27(22,5)24(18)31;;/h6,16-17,19-22,28H,7-15H2,1-5H3,(H,29,30);2*1H4/b18-6+;;/t16-,17-,19-,20+,21-,22-,25-,26+,27+;;/m1../s1. The Morgan fingerprint density at radius 2 is 1.67 bits per heavy atom. The average molecular weight is 463 g/mol. The van der Waals surface area contributed by atoms with Gasteiger partial charge in [-0.15, -0.1) is 0 Å². The molecule has 0 amide bonds. The zero-order chi connectivity index (χ0) is 22.8. The van der Waals surface area contributed by atoms with Crippen molar-refractivity contribution in [3.8, 4) is 0 Å². The summed E-state index contributed by atoms with van der Waals surface area (Å²) in [5.74, 6) is 1.44. The van der Waals surface area contributed by atoms with Crippen molar-refractivity contribution in [3.63, 3.8) is 0 Å². The summed E-state index contributed by atoms with van der Waals surface area (Å²) >= 11 is 0. The Bertz CT molecular complexity index is 786. The lowest BCUT2D eigenvalue weighted by Gasteiger charge is -2.65. The number of carboxylic acids is 1. The molecule has 4 heteroatoms. The van der Waals surface area contributed by atoms with E-state index < -0.39 is 5.97 Å². The zero-order valence-electron chi connectivity index (χ0n) is 20.1. The topological polar surface area (TPSA) is 74.6 Å². The van der Waals surface area contributed by atoms with Gasteiger partial charge in [0.05, 0.1) is 6.10 Å². The van der Waals surface area contributed by atoms with Gasteiger partial charge in [0.15, 0.2) is 5.78 Å². The predicted molar refractivity (Wildman–Crippen MR) is 135 cm³/mol. The molecule has 4 nitrogen and oxygen atoms in total. The molecule has 0 aromatic heterocycles. The molecule has 0 bridgehead atoms. The Hall–Kier alpha value is -1.16. The molecule has 4 rings (SSSR count). The van der Waals surface area contributed by atoms with E-state index in [4.69, 9.17) is 0 Å². The number of carboxylic acid groups (broad SMARTS) is 1. The highest BCUT2D eigenvalue weighted by Crippen LogP contribution is 2.72. The summed E-state index contributed by atoms with van der Waals surface area (Å²) in [5, 5.41) is 19.6. The first-order valence-corrected chi connectivity index (χ1v) is 12.6. The van der Waals surface area contributed by atoms with Crippen molar-refractivity contribution in [2.75, 3.05) is 0 Å². The van der Waals surface area contributed by atoms with E-state index in [0.717, 1.165) is 56.9 Å². The molecule has 4 fully saturated rings. The van der Waals surface area contributed by atoms with Gasteiger partial charge in [-0.05, 0) is 104 Å². The van der Waals surface area contributed by atoms with Crippen LogP contribution < -0.4 is 0 Å². The van der Waals surface area contributed by atoms with Crippen molar-refractivity contribution in [2.45, 2.75) is 113 Å². The Balaban J connectivity index is 0.00000193. The number of aliphatic hydroxyl groups is 1. The van der Waals surface area contributed by atoms with Crippen LogP contribution in [0, 0.1) is 45.8 Å². The SMILES string of the molecule is C.C.C/C=C1/C(=O)[C@@]2(C)[C@@H]3CC[C@H]([C@H](C)CCC(=O)O)[C@@]3(C)CC[C@@H]2[C@@]2(C)CC[C@@H](O)C[C@@H]12. The van der Waals surface area contributed by atoms with E-state index in [1.54, 1.807) is 0 Å². The molecule has 4 saturated carbocycles. The monoisotopic (exact) mass is 462 g/mol. The summed E-state index contributed by atoms with van der Waals surface area (Å²) in [6.07, 6.45) is 9.73. The van der Waals surface area contributed by atoms with Crippen LogP contribution in [0.25, 0.3) is 0 Å². The molecule has 33 heavy (non-hydrogen) atoms. The maximum atomic E-state index is 14.2. The number of carbonyl (C=O) groups is 2. The molecule has 2 N–H and O–H groups in total. The molecule has 0 radical (unpaired) electrons. The number of aliphatic hydroxyl groups excluding tert-OH is 1. The number of fused-ring (bicyclic) bond motifs is 5. The van der Waals surface area contributed by atoms with Crippen LogP contribution in [0.3, 0.4) is 0 Å². The first-order chi connectivity index (χ1) is 14.5. The van der Waals surface area contributed by atoms with Crippen molar-refractivity contribution in [1.29, 1.82) is 0 Å². The van der Waals surface area contributed by atoms with Crippen LogP contribution in [-0.4, -0.2) is 28.1 Å². The molecule has 0 aromatic carbocycles. The summed E-state index contributed by atoms with van der Waals surface area (Å²) in [6, 6.07) is 0. The molecule has 0 saturated heterocycles. The van der Waals surface area contributed by atoms with Crippen LogP contribution in [0.5, 0.6) is 0 Å². The zero-order valence-corrected chi connectivity index (χ0v) is 20.1. The fourth-order valence-electron chi connectivity index (χ4n) is 9.44. The molecular formula is C29H50O4. The lowest BCUT2D eigenvalue weighted by molar-refractivity contribution is -0.174. The van der Waals surface area contributed by atoms with E-state index in [-0.39, 0.29) is 49.5 Å². The summed E-state index contributed by atoms with van der Waals surface area (Å²) in [7, 11) is 0. The average Bonchev–Trinajstić information content (AvgIpc) is 3.07. The van der Waals surface area contributed by atoms with E-state index in [1.165, 1.54) is 0 Å². The third kappa shape index (κ3) is 3.93. The van der Waals surface area contributed by atoms with Crippen LogP contribution in [0.4, 0.5) is 0 Å². The van der Waals surface area contributed by atoms with E-state index in [9.17, 15) is 19.8 Å². The van der Waals surface area contributed by atoms with Gasteiger partial charge in [-0.2, -0.15) is 0 Å². The largest absolute Gasteiger partial charge is 0.481 e. The van der Waals surface area contributed by atoms with Crippen molar-refractivity contribution in [3.05, 3.63) is 11.6 Å². The first-order valence-electron chi connectivity index (χ1n) is 12.6. The Morgan fingerprint density at radius 1 is 1.06 bits per heavy atom. The number of carbonyl (C=O) groups excluding carboxylic acids is 1. The molecule has 0 spiro atoms. The number of hydrogen-bond acceptors (Lipinski definition) is 3. The highest BCUT2D eigenvalue weighted by Gasteiger charge is 2.69. The van der Waals surface area contributed by atoms with Gasteiger partial charge < -0.3 is 10.2 Å². The van der Waals surface area contributed by atoms with Crippen molar-refractivity contribution in [1.82, 2.24) is 0 Å². The molecule has 9 atom stereocenters. The second-order valence-electron chi connectivity index (χ2n) is 12.1. The lowest BCUT2D eigenvalue weighted by atomic mass is 9.38. The maximum absolute atomic E-state index is 14.2. The first kappa shape index (κ1) is 28.1. The normalized spacial score (nSPS) is 46.3. The third-order valence-electron chi connectivity index (χ3n) is 10.9. The third-order valence-corrected chi connectivity index (χ3v) is 10.9. The molecule has 4 aliphatic rings. The van der Waals surface area contributed by atoms with Crippen molar-refractivity contribution in [2.24, 2.45) is 45.8 Å². The summed E-state index contributed by atoms with van der Waals surface area (Å²) < 4.78 is 0. The minimum absolute atomic E-state index is 0. The van der Waals surface area contributed by atoms with Crippen LogP contribution in [0.15, 0.2) is 11.6 Å². The smallest absolute Gasteiger partial charge is 0.303 e. The van der Waals surface area contributed by atoms with Gasteiger partial charge >= 0.3 is 5.97 Å². The highest BCUT2D eigenvalue weighted by molar-refractivity contribution is 6.02. The minimum Gasteiger partial charge on any atom is -0.481 e. The molecule has 0 heterocycles. The predicted octanol–water partition coefficient (Wildman–Crippen LogP) is 6.90. The molecule has 0 aliphatic heterocycles. The number of Topliss-reactive ketones (excluding diaryl/α,β-unsaturated/α-hetero) is 1. The van der Waals surface area contributed by atoms with E-state index in [0.29, 0.717) is 29.5 Å². The van der Waals surface area contributed by atoms with Crippen LogP contribution >= 0.6 is 0 Å². The highest BCUT2D eigenvalue weighted by atomic mass is 16.4. The van der Waals surface area contributed by atoms with Gasteiger partial charge in [0.1, 0.15) is 0 Å².